The summed E-state index contributed by atoms with van der Waals surface area (Å²) in [5.74, 6) is 0.0697. The Labute approximate surface area is 307 Å². The molecule has 4 unspecified atom stereocenters. The average Bonchev–Trinajstić information content (AvgIpc) is 3.44. The molecule has 0 amide bonds. The highest BCUT2D eigenvalue weighted by Crippen LogP contribution is 2.53. The van der Waals surface area contributed by atoms with Crippen molar-refractivity contribution in [2.45, 2.75) is 132 Å². The van der Waals surface area contributed by atoms with Crippen LogP contribution in [-0.4, -0.2) is 42.4 Å². The van der Waals surface area contributed by atoms with Gasteiger partial charge in [-0.25, -0.2) is 0 Å². The lowest BCUT2D eigenvalue weighted by atomic mass is 9.60. The maximum Gasteiger partial charge on any atom is 0.170 e. The third kappa shape index (κ3) is 10.5. The molecule has 2 aromatic carbocycles. The van der Waals surface area contributed by atoms with Gasteiger partial charge < -0.3 is 15.2 Å². The van der Waals surface area contributed by atoms with Gasteiger partial charge in [0.2, 0.25) is 0 Å². The number of Topliss-reactive ketones (excluding diaryl/α,β-unsaturated/α-hetero) is 3. The van der Waals surface area contributed by atoms with Gasteiger partial charge in [0.25, 0.3) is 0 Å². The molecule has 1 saturated heterocycles. The van der Waals surface area contributed by atoms with Crippen LogP contribution in [0.5, 0.6) is 0 Å². The van der Waals surface area contributed by atoms with E-state index in [2.05, 4.69) is 54.5 Å². The molecular formula is C44H62N2O5. The fraction of sp³-hybridized carbons (Fsp3) is 0.636. The number of hydrogen-bond donors (Lipinski definition) is 1. The number of nitrogens with two attached hydrogens (primary N) is 1. The highest BCUT2D eigenvalue weighted by molar-refractivity contribution is 6.03. The van der Waals surface area contributed by atoms with Crippen molar-refractivity contribution in [1.29, 1.82) is 5.26 Å². The fourth-order valence-corrected chi connectivity index (χ4v) is 10.3. The zero-order valence-electron chi connectivity index (χ0n) is 32.7. The van der Waals surface area contributed by atoms with Gasteiger partial charge in [0.1, 0.15) is 5.78 Å². The third-order valence-electron chi connectivity index (χ3n) is 11.1. The minimum atomic E-state index is -0.541. The summed E-state index contributed by atoms with van der Waals surface area (Å²) >= 11 is 0. The minimum absolute atomic E-state index is 0.0749. The second-order valence-corrected chi connectivity index (χ2v) is 19.2. The molecule has 7 heteroatoms. The van der Waals surface area contributed by atoms with Gasteiger partial charge in [-0.1, -0.05) is 116 Å². The highest BCUT2D eigenvalue weighted by atomic mass is 16.7. The van der Waals surface area contributed by atoms with Crippen LogP contribution in [0.4, 0.5) is 0 Å². The predicted octanol–water partition coefficient (Wildman–Crippen LogP) is 9.54. The number of benzene rings is 2. The molecule has 4 aliphatic rings. The summed E-state index contributed by atoms with van der Waals surface area (Å²) in [5, 5.41) is 9.27. The van der Waals surface area contributed by atoms with Crippen molar-refractivity contribution in [1.82, 2.24) is 0 Å². The molecule has 4 fully saturated rings. The van der Waals surface area contributed by atoms with Crippen LogP contribution in [0.3, 0.4) is 0 Å². The van der Waals surface area contributed by atoms with Gasteiger partial charge in [-0.2, -0.15) is 5.26 Å². The molecule has 278 valence electrons. The van der Waals surface area contributed by atoms with E-state index in [0.29, 0.717) is 38.0 Å². The summed E-state index contributed by atoms with van der Waals surface area (Å²) < 4.78 is 11.5. The molecule has 3 saturated carbocycles. The topological polar surface area (TPSA) is 119 Å². The zero-order valence-corrected chi connectivity index (χ0v) is 32.7. The molecule has 0 radical (unpaired) electrons. The number of nitriles is 1. The number of carbonyl (C=O) groups excluding carboxylic acids is 3. The maximum absolute atomic E-state index is 12.7. The largest absolute Gasteiger partial charge is 0.347 e. The molecule has 0 aromatic heterocycles. The van der Waals surface area contributed by atoms with Crippen LogP contribution < -0.4 is 5.73 Å². The first-order valence-corrected chi connectivity index (χ1v) is 18.7. The molecule has 0 bridgehead atoms. The lowest BCUT2D eigenvalue weighted by molar-refractivity contribution is -0.216. The van der Waals surface area contributed by atoms with E-state index in [4.69, 9.17) is 15.2 Å². The molecular weight excluding hydrogens is 636 g/mol. The first-order chi connectivity index (χ1) is 23.5. The average molecular weight is 699 g/mol. The summed E-state index contributed by atoms with van der Waals surface area (Å²) in [5.41, 5.74) is 6.69. The van der Waals surface area contributed by atoms with Gasteiger partial charge in [0, 0.05) is 53.7 Å². The quantitative estimate of drug-likeness (QED) is 0.316. The van der Waals surface area contributed by atoms with E-state index in [-0.39, 0.29) is 50.5 Å². The van der Waals surface area contributed by atoms with Crippen molar-refractivity contribution in [2.75, 3.05) is 13.2 Å². The number of rotatable bonds is 4. The first kappa shape index (κ1) is 40.6. The zero-order chi connectivity index (χ0) is 37.9. The van der Waals surface area contributed by atoms with Gasteiger partial charge in [-0.3, -0.25) is 14.4 Å². The van der Waals surface area contributed by atoms with E-state index < -0.39 is 11.2 Å². The molecule has 2 aromatic rings. The second-order valence-electron chi connectivity index (χ2n) is 19.2. The van der Waals surface area contributed by atoms with Crippen LogP contribution >= 0.6 is 0 Å². The fourth-order valence-electron chi connectivity index (χ4n) is 10.3. The van der Waals surface area contributed by atoms with Crippen molar-refractivity contribution in [3.63, 3.8) is 0 Å². The lowest BCUT2D eigenvalue weighted by Gasteiger charge is -2.47. The first-order valence-electron chi connectivity index (χ1n) is 18.7. The molecule has 51 heavy (non-hydrogen) atoms. The van der Waals surface area contributed by atoms with E-state index in [9.17, 15) is 19.6 Å². The summed E-state index contributed by atoms with van der Waals surface area (Å²) in [4.78, 5) is 37.2. The van der Waals surface area contributed by atoms with Gasteiger partial charge in [-0.15, -0.1) is 0 Å². The Morgan fingerprint density at radius 3 is 1.61 bits per heavy atom. The van der Waals surface area contributed by atoms with Crippen LogP contribution in [-0.2, 0) is 14.3 Å². The van der Waals surface area contributed by atoms with E-state index in [1.165, 1.54) is 0 Å². The van der Waals surface area contributed by atoms with Crippen molar-refractivity contribution in [2.24, 2.45) is 38.2 Å². The van der Waals surface area contributed by atoms with Gasteiger partial charge in [-0.05, 0) is 55.3 Å². The smallest absolute Gasteiger partial charge is 0.170 e. The van der Waals surface area contributed by atoms with Crippen molar-refractivity contribution >= 4 is 17.3 Å². The Bertz CT molecular complexity index is 1590. The summed E-state index contributed by atoms with van der Waals surface area (Å²) in [6, 6.07) is 21.4. The van der Waals surface area contributed by atoms with Gasteiger partial charge in [0.05, 0.1) is 24.7 Å². The molecule has 6 rings (SSSR count). The molecule has 4 atom stereocenters. The molecule has 2 N–H and O–H groups in total. The Kier molecular flexibility index (Phi) is 12.0. The number of carbonyl (C=O) groups is 3. The summed E-state index contributed by atoms with van der Waals surface area (Å²) in [6.45, 7) is 20.3. The normalized spacial score (nSPS) is 31.5. The predicted molar refractivity (Wildman–Crippen MR) is 202 cm³/mol. The Morgan fingerprint density at radius 1 is 0.647 bits per heavy atom. The Morgan fingerprint density at radius 2 is 1.14 bits per heavy atom. The van der Waals surface area contributed by atoms with Crippen LogP contribution in [0, 0.1) is 43.8 Å². The number of ether oxygens (including phenoxy) is 2. The van der Waals surface area contributed by atoms with Crippen molar-refractivity contribution in [3.05, 3.63) is 71.8 Å². The Hall–Kier alpha value is -3.18. The number of ketones is 3. The van der Waals surface area contributed by atoms with E-state index in [1.54, 1.807) is 0 Å². The number of hydrogen-bond acceptors (Lipinski definition) is 7. The van der Waals surface area contributed by atoms with Crippen LogP contribution in [0.1, 0.15) is 141 Å². The molecule has 1 heterocycles. The second kappa shape index (κ2) is 15.0. The van der Waals surface area contributed by atoms with Crippen molar-refractivity contribution in [3.8, 4) is 6.07 Å². The SMILES string of the molecule is CC1(C)CC(=O)CC(C)(C(=O)c2ccccc2)C1.CC1(C)CC(C)(C#N)CC2(C1)OCCO2.CC1(C)CC(N)CC(C)(C(=O)c2ccccc2)C1. The van der Waals surface area contributed by atoms with Crippen LogP contribution in [0.15, 0.2) is 60.7 Å². The Balaban J connectivity index is 0.000000172. The lowest BCUT2D eigenvalue weighted by Crippen LogP contribution is -2.47. The molecule has 7 nitrogen and oxygen atoms in total. The van der Waals surface area contributed by atoms with Crippen LogP contribution in [0.25, 0.3) is 0 Å². The molecule has 1 aliphatic heterocycles. The van der Waals surface area contributed by atoms with Crippen LogP contribution in [0.2, 0.25) is 0 Å². The van der Waals surface area contributed by atoms with Crippen molar-refractivity contribution < 1.29 is 23.9 Å². The van der Waals surface area contributed by atoms with E-state index in [1.807, 2.05) is 74.5 Å². The molecule has 1 spiro atoms. The number of nitrogens with zero attached hydrogens (tertiary/aromatic N) is 1. The summed E-state index contributed by atoms with van der Waals surface area (Å²) in [7, 11) is 0. The monoisotopic (exact) mass is 698 g/mol. The van der Waals surface area contributed by atoms with Gasteiger partial charge >= 0.3 is 0 Å². The maximum atomic E-state index is 12.7. The standard InChI is InChI=1S/C16H23NO.C16H20O2.C12H19NO2/c2*1-15(2)9-13(17)10-16(3,11-15)14(18)12-7-5-4-6-8-12;1-10(2)6-11(3,9-13)8-12(7-10)14-4-5-15-12/h4-8,13H,9-11,17H2,1-3H3;4-8H,9-11H2,1-3H3;4-8H2,1-3H3. The minimum Gasteiger partial charge on any atom is -0.347 e. The van der Waals surface area contributed by atoms with E-state index in [0.717, 1.165) is 44.1 Å². The highest BCUT2D eigenvalue weighted by Gasteiger charge is 2.53. The summed E-state index contributed by atoms with van der Waals surface area (Å²) in [6.07, 6.45) is 6.99. The molecule has 3 aliphatic carbocycles. The van der Waals surface area contributed by atoms with E-state index >= 15 is 0 Å². The third-order valence-corrected chi connectivity index (χ3v) is 11.1. The van der Waals surface area contributed by atoms with Gasteiger partial charge in [0.15, 0.2) is 17.4 Å².